The number of aliphatic hydroxyl groups excluding tert-OH is 1. The third kappa shape index (κ3) is 4.79. The molecular weight excluding hydrogens is 302 g/mol. The second-order valence-electron chi connectivity index (χ2n) is 7.22. The van der Waals surface area contributed by atoms with Crippen LogP contribution in [0.5, 0.6) is 0 Å². The second-order valence-corrected chi connectivity index (χ2v) is 7.22. The standard InChI is InChI=1S/C20H31NO3/c22-18(15-23-16-19-10-7-13-24-19)14-21-20(11-5-2-6-12-20)17-8-3-1-4-9-17/h1,3-4,8-9,18-19,21-22H,2,5-7,10-16H2. The number of hydrogen-bond acceptors (Lipinski definition) is 4. The fourth-order valence-electron chi connectivity index (χ4n) is 3.96. The topological polar surface area (TPSA) is 50.7 Å². The predicted molar refractivity (Wildman–Crippen MR) is 95.0 cm³/mol. The Hall–Kier alpha value is -0.940. The highest BCUT2D eigenvalue weighted by molar-refractivity contribution is 5.25. The minimum Gasteiger partial charge on any atom is -0.389 e. The molecular formula is C20H31NO3. The minimum atomic E-state index is -0.478. The van der Waals surface area contributed by atoms with Gasteiger partial charge in [-0.3, -0.25) is 0 Å². The first-order valence-electron chi connectivity index (χ1n) is 9.46. The molecule has 1 aliphatic carbocycles. The number of ether oxygens (including phenoxy) is 2. The summed E-state index contributed by atoms with van der Waals surface area (Å²) in [6, 6.07) is 10.7. The molecule has 2 fully saturated rings. The van der Waals surface area contributed by atoms with Crippen molar-refractivity contribution in [2.45, 2.75) is 62.7 Å². The van der Waals surface area contributed by atoms with Gasteiger partial charge in [0.1, 0.15) is 0 Å². The molecule has 4 nitrogen and oxygen atoms in total. The van der Waals surface area contributed by atoms with Crippen molar-refractivity contribution >= 4 is 0 Å². The predicted octanol–water partition coefficient (Wildman–Crippen LogP) is 2.99. The van der Waals surface area contributed by atoms with Crippen molar-refractivity contribution in [3.8, 4) is 0 Å². The van der Waals surface area contributed by atoms with Crippen LogP contribution >= 0.6 is 0 Å². The van der Waals surface area contributed by atoms with Crippen molar-refractivity contribution in [1.29, 1.82) is 0 Å². The van der Waals surface area contributed by atoms with Crippen LogP contribution in [0.1, 0.15) is 50.5 Å². The van der Waals surface area contributed by atoms with E-state index in [2.05, 4.69) is 35.6 Å². The molecule has 0 radical (unpaired) electrons. The van der Waals surface area contributed by atoms with Crippen molar-refractivity contribution in [2.24, 2.45) is 0 Å². The van der Waals surface area contributed by atoms with E-state index >= 15 is 0 Å². The van der Waals surface area contributed by atoms with Crippen LogP contribution in [-0.2, 0) is 15.0 Å². The van der Waals surface area contributed by atoms with E-state index in [4.69, 9.17) is 9.47 Å². The van der Waals surface area contributed by atoms with E-state index in [1.54, 1.807) is 0 Å². The summed E-state index contributed by atoms with van der Waals surface area (Å²) in [6.45, 7) is 2.39. The first kappa shape index (κ1) is 17.9. The molecule has 134 valence electrons. The highest BCUT2D eigenvalue weighted by atomic mass is 16.5. The zero-order valence-corrected chi connectivity index (χ0v) is 14.6. The quantitative estimate of drug-likeness (QED) is 0.768. The number of aliphatic hydroxyl groups is 1. The van der Waals surface area contributed by atoms with E-state index in [1.165, 1.54) is 24.8 Å². The second kappa shape index (κ2) is 8.95. The SMILES string of the molecule is OC(CNC1(c2ccccc2)CCCCC1)COCC1CCCO1. The van der Waals surface area contributed by atoms with E-state index < -0.39 is 6.10 Å². The maximum atomic E-state index is 10.3. The van der Waals surface area contributed by atoms with Crippen LogP contribution in [0, 0.1) is 0 Å². The molecule has 0 bridgehead atoms. The molecule has 3 rings (SSSR count). The summed E-state index contributed by atoms with van der Waals surface area (Å²) < 4.78 is 11.2. The maximum Gasteiger partial charge on any atom is 0.0897 e. The number of hydrogen-bond donors (Lipinski definition) is 2. The minimum absolute atomic E-state index is 0.00898. The van der Waals surface area contributed by atoms with Gasteiger partial charge in [0.15, 0.2) is 0 Å². The van der Waals surface area contributed by atoms with Gasteiger partial charge in [0, 0.05) is 18.7 Å². The van der Waals surface area contributed by atoms with E-state index in [-0.39, 0.29) is 11.6 Å². The average Bonchev–Trinajstić information content (AvgIpc) is 3.15. The van der Waals surface area contributed by atoms with Crippen LogP contribution in [0.2, 0.25) is 0 Å². The molecule has 1 aromatic carbocycles. The Morgan fingerprint density at radius 2 is 1.96 bits per heavy atom. The van der Waals surface area contributed by atoms with Crippen LogP contribution < -0.4 is 5.32 Å². The fraction of sp³-hybridized carbons (Fsp3) is 0.700. The van der Waals surface area contributed by atoms with E-state index in [0.29, 0.717) is 19.8 Å². The van der Waals surface area contributed by atoms with Gasteiger partial charge < -0.3 is 19.9 Å². The Balaban J connectivity index is 1.48. The first-order valence-corrected chi connectivity index (χ1v) is 9.46. The lowest BCUT2D eigenvalue weighted by Gasteiger charge is -2.39. The summed E-state index contributed by atoms with van der Waals surface area (Å²) in [6.07, 6.45) is 8.02. The summed E-state index contributed by atoms with van der Waals surface area (Å²) in [4.78, 5) is 0. The van der Waals surface area contributed by atoms with Gasteiger partial charge in [0.25, 0.3) is 0 Å². The zero-order valence-electron chi connectivity index (χ0n) is 14.6. The Morgan fingerprint density at radius 1 is 1.17 bits per heavy atom. The molecule has 2 N–H and O–H groups in total. The third-order valence-corrected chi connectivity index (χ3v) is 5.35. The first-order chi connectivity index (χ1) is 11.8. The lowest BCUT2D eigenvalue weighted by molar-refractivity contribution is -0.0188. The van der Waals surface area contributed by atoms with Crippen molar-refractivity contribution < 1.29 is 14.6 Å². The molecule has 4 heteroatoms. The van der Waals surface area contributed by atoms with E-state index in [0.717, 1.165) is 32.3 Å². The largest absolute Gasteiger partial charge is 0.389 e. The Bertz CT molecular complexity index is 467. The molecule has 1 aliphatic heterocycles. The zero-order chi connectivity index (χ0) is 16.7. The molecule has 1 aromatic rings. The van der Waals surface area contributed by atoms with Crippen LogP contribution in [0.15, 0.2) is 30.3 Å². The third-order valence-electron chi connectivity index (χ3n) is 5.35. The van der Waals surface area contributed by atoms with Crippen molar-refractivity contribution in [3.63, 3.8) is 0 Å². The van der Waals surface area contributed by atoms with E-state index in [1.807, 2.05) is 0 Å². The lowest BCUT2D eigenvalue weighted by Crippen LogP contribution is -2.47. The monoisotopic (exact) mass is 333 g/mol. The molecule has 2 unspecified atom stereocenters. The highest BCUT2D eigenvalue weighted by Crippen LogP contribution is 2.36. The van der Waals surface area contributed by atoms with Crippen LogP contribution in [0.3, 0.4) is 0 Å². The molecule has 0 amide bonds. The van der Waals surface area contributed by atoms with E-state index in [9.17, 15) is 5.11 Å². The molecule has 0 spiro atoms. The van der Waals surface area contributed by atoms with Crippen LogP contribution in [0.25, 0.3) is 0 Å². The number of rotatable bonds is 8. The van der Waals surface area contributed by atoms with Gasteiger partial charge in [-0.2, -0.15) is 0 Å². The molecule has 1 saturated carbocycles. The fourth-order valence-corrected chi connectivity index (χ4v) is 3.96. The Morgan fingerprint density at radius 3 is 2.67 bits per heavy atom. The molecule has 2 aliphatic rings. The maximum absolute atomic E-state index is 10.3. The van der Waals surface area contributed by atoms with Crippen molar-refractivity contribution in [3.05, 3.63) is 35.9 Å². The molecule has 0 aromatic heterocycles. The van der Waals surface area contributed by atoms with Gasteiger partial charge in [-0.15, -0.1) is 0 Å². The molecule has 1 heterocycles. The molecule has 24 heavy (non-hydrogen) atoms. The highest BCUT2D eigenvalue weighted by Gasteiger charge is 2.33. The number of benzene rings is 1. The Labute approximate surface area is 145 Å². The summed E-state index contributed by atoms with van der Waals surface area (Å²) in [7, 11) is 0. The van der Waals surface area contributed by atoms with Crippen molar-refractivity contribution in [1.82, 2.24) is 5.32 Å². The lowest BCUT2D eigenvalue weighted by atomic mass is 9.76. The summed E-state index contributed by atoms with van der Waals surface area (Å²) in [5.74, 6) is 0. The van der Waals surface area contributed by atoms with Crippen LogP contribution in [0.4, 0.5) is 0 Å². The van der Waals surface area contributed by atoms with Gasteiger partial charge in [-0.05, 0) is 31.2 Å². The van der Waals surface area contributed by atoms with Gasteiger partial charge in [-0.1, -0.05) is 49.6 Å². The van der Waals surface area contributed by atoms with Gasteiger partial charge in [0.2, 0.25) is 0 Å². The smallest absolute Gasteiger partial charge is 0.0897 e. The molecule has 2 atom stereocenters. The normalized spacial score (nSPS) is 24.8. The summed E-state index contributed by atoms with van der Waals surface area (Å²) in [5, 5.41) is 14.0. The van der Waals surface area contributed by atoms with Gasteiger partial charge in [0.05, 0.1) is 25.4 Å². The van der Waals surface area contributed by atoms with Crippen LogP contribution in [-0.4, -0.2) is 43.7 Å². The molecule has 1 saturated heterocycles. The average molecular weight is 333 g/mol. The summed E-state index contributed by atoms with van der Waals surface area (Å²) in [5.41, 5.74) is 1.35. The Kier molecular flexibility index (Phi) is 6.67. The van der Waals surface area contributed by atoms with Crippen molar-refractivity contribution in [2.75, 3.05) is 26.4 Å². The van der Waals surface area contributed by atoms with Gasteiger partial charge in [-0.25, -0.2) is 0 Å². The van der Waals surface area contributed by atoms with Gasteiger partial charge >= 0.3 is 0 Å². The summed E-state index contributed by atoms with van der Waals surface area (Å²) >= 11 is 0. The number of nitrogens with one attached hydrogen (secondary N) is 1.